The summed E-state index contributed by atoms with van der Waals surface area (Å²) < 4.78 is 33.5. The molecule has 0 saturated heterocycles. The zero-order chi connectivity index (χ0) is 14.3. The third kappa shape index (κ3) is 5.00. The number of rotatable bonds is 7. The molecule has 6 heteroatoms. The van der Waals surface area contributed by atoms with Crippen molar-refractivity contribution in [3.63, 3.8) is 0 Å². The Kier molecular flexibility index (Phi) is 5.98. The van der Waals surface area contributed by atoms with Gasteiger partial charge in [0, 0.05) is 6.61 Å². The van der Waals surface area contributed by atoms with Crippen LogP contribution < -0.4 is 0 Å². The second kappa shape index (κ2) is 7.25. The maximum Gasteiger partial charge on any atom is 0.338 e. The van der Waals surface area contributed by atoms with E-state index in [9.17, 15) is 13.2 Å². The minimum absolute atomic E-state index is 0.0592. The molecule has 0 radical (unpaired) electrons. The molecule has 0 unspecified atom stereocenters. The number of carbonyl (C=O) groups is 1. The average Bonchev–Trinajstić information content (AvgIpc) is 2.38. The summed E-state index contributed by atoms with van der Waals surface area (Å²) in [7, 11) is -2.04. The maximum atomic E-state index is 11.9. The zero-order valence-electron chi connectivity index (χ0n) is 11.1. The molecule has 0 aromatic heterocycles. The fourth-order valence-electron chi connectivity index (χ4n) is 1.59. The standard InChI is InChI=1S/C13H18O5S/c1-3-18-8-9-19(15,16)10-11-6-4-5-7-12(11)13(14)17-2/h4-7H,3,8-10H2,1-2H3. The van der Waals surface area contributed by atoms with Gasteiger partial charge in [0.15, 0.2) is 9.84 Å². The minimum Gasteiger partial charge on any atom is -0.465 e. The fraction of sp³-hybridized carbons (Fsp3) is 0.462. The molecular formula is C13H18O5S. The summed E-state index contributed by atoms with van der Waals surface area (Å²) in [6, 6.07) is 6.53. The molecule has 106 valence electrons. The van der Waals surface area contributed by atoms with Gasteiger partial charge >= 0.3 is 5.97 Å². The van der Waals surface area contributed by atoms with Gasteiger partial charge in [-0.25, -0.2) is 13.2 Å². The summed E-state index contributed by atoms with van der Waals surface area (Å²) >= 11 is 0. The Balaban J connectivity index is 2.84. The van der Waals surface area contributed by atoms with Crippen molar-refractivity contribution in [2.75, 3.05) is 26.1 Å². The Morgan fingerprint density at radius 1 is 1.26 bits per heavy atom. The smallest absolute Gasteiger partial charge is 0.338 e. The van der Waals surface area contributed by atoms with Gasteiger partial charge in [-0.15, -0.1) is 0 Å². The molecule has 0 amide bonds. The number of ether oxygens (including phenoxy) is 2. The number of sulfone groups is 1. The molecule has 1 aromatic rings. The normalized spacial score (nSPS) is 11.3. The minimum atomic E-state index is -3.30. The van der Waals surface area contributed by atoms with Gasteiger partial charge in [0.1, 0.15) is 0 Å². The van der Waals surface area contributed by atoms with Gasteiger partial charge in [0.2, 0.25) is 0 Å². The number of hydrogen-bond donors (Lipinski definition) is 0. The van der Waals surface area contributed by atoms with E-state index in [-0.39, 0.29) is 23.7 Å². The third-order valence-electron chi connectivity index (χ3n) is 2.54. The number of hydrogen-bond acceptors (Lipinski definition) is 5. The van der Waals surface area contributed by atoms with E-state index in [1.54, 1.807) is 31.2 Å². The van der Waals surface area contributed by atoms with E-state index < -0.39 is 15.8 Å². The molecular weight excluding hydrogens is 268 g/mol. The predicted molar refractivity (Wildman–Crippen MR) is 71.8 cm³/mol. The fourth-order valence-corrected chi connectivity index (χ4v) is 2.84. The lowest BCUT2D eigenvalue weighted by Gasteiger charge is -2.08. The van der Waals surface area contributed by atoms with Crippen molar-refractivity contribution in [2.45, 2.75) is 12.7 Å². The van der Waals surface area contributed by atoms with Crippen LogP contribution in [0.3, 0.4) is 0 Å². The summed E-state index contributed by atoms with van der Waals surface area (Å²) in [5.41, 5.74) is 0.732. The van der Waals surface area contributed by atoms with E-state index in [1.165, 1.54) is 7.11 Å². The monoisotopic (exact) mass is 286 g/mol. The van der Waals surface area contributed by atoms with Gasteiger partial charge in [-0.1, -0.05) is 18.2 Å². The first-order valence-electron chi connectivity index (χ1n) is 5.94. The van der Waals surface area contributed by atoms with Crippen molar-refractivity contribution in [2.24, 2.45) is 0 Å². The highest BCUT2D eigenvalue weighted by atomic mass is 32.2. The summed E-state index contributed by atoms with van der Waals surface area (Å²) in [6.07, 6.45) is 0. The number of methoxy groups -OCH3 is 1. The van der Waals surface area contributed by atoms with Gasteiger partial charge in [-0.05, 0) is 18.6 Å². The maximum absolute atomic E-state index is 11.9. The second-order valence-corrected chi connectivity index (χ2v) is 6.12. The Morgan fingerprint density at radius 2 is 1.95 bits per heavy atom. The lowest BCUT2D eigenvalue weighted by atomic mass is 10.1. The van der Waals surface area contributed by atoms with Crippen LogP contribution in [-0.2, 0) is 25.1 Å². The predicted octanol–water partition coefficient (Wildman–Crippen LogP) is 1.42. The second-order valence-electron chi connectivity index (χ2n) is 3.94. The van der Waals surface area contributed by atoms with Crippen LogP contribution in [0.15, 0.2) is 24.3 Å². The lowest BCUT2D eigenvalue weighted by Crippen LogP contribution is -2.16. The number of benzene rings is 1. The molecule has 0 saturated carbocycles. The highest BCUT2D eigenvalue weighted by molar-refractivity contribution is 7.90. The molecule has 19 heavy (non-hydrogen) atoms. The molecule has 0 aliphatic carbocycles. The molecule has 0 aliphatic rings. The lowest BCUT2D eigenvalue weighted by molar-refractivity contribution is 0.0600. The topological polar surface area (TPSA) is 69.7 Å². The quantitative estimate of drug-likeness (QED) is 0.560. The number of carbonyl (C=O) groups excluding carboxylic acids is 1. The Hall–Kier alpha value is -1.40. The van der Waals surface area contributed by atoms with E-state index in [2.05, 4.69) is 4.74 Å². The van der Waals surface area contributed by atoms with E-state index >= 15 is 0 Å². The first kappa shape index (κ1) is 15.7. The molecule has 1 rings (SSSR count). The molecule has 0 bridgehead atoms. The van der Waals surface area contributed by atoms with Crippen molar-refractivity contribution in [1.29, 1.82) is 0 Å². The van der Waals surface area contributed by atoms with Crippen LogP contribution in [0.2, 0.25) is 0 Å². The van der Waals surface area contributed by atoms with E-state index in [1.807, 2.05) is 0 Å². The van der Waals surface area contributed by atoms with Crippen LogP contribution in [0.1, 0.15) is 22.8 Å². The van der Waals surface area contributed by atoms with Gasteiger partial charge in [0.05, 0.1) is 30.8 Å². The van der Waals surface area contributed by atoms with Crippen LogP contribution in [0, 0.1) is 0 Å². The van der Waals surface area contributed by atoms with Crippen molar-refractivity contribution >= 4 is 15.8 Å². The number of esters is 1. The Labute approximate surface area is 113 Å². The van der Waals surface area contributed by atoms with Gasteiger partial charge in [-0.3, -0.25) is 0 Å². The van der Waals surface area contributed by atoms with Gasteiger partial charge < -0.3 is 9.47 Å². The Morgan fingerprint density at radius 3 is 2.58 bits per heavy atom. The SMILES string of the molecule is CCOCCS(=O)(=O)Cc1ccccc1C(=O)OC. The summed E-state index contributed by atoms with van der Waals surface area (Å²) in [5.74, 6) is -0.780. The van der Waals surface area contributed by atoms with Gasteiger partial charge in [-0.2, -0.15) is 0 Å². The highest BCUT2D eigenvalue weighted by Crippen LogP contribution is 2.14. The molecule has 0 N–H and O–H groups in total. The van der Waals surface area contributed by atoms with Crippen molar-refractivity contribution < 1.29 is 22.7 Å². The van der Waals surface area contributed by atoms with Gasteiger partial charge in [0.25, 0.3) is 0 Å². The van der Waals surface area contributed by atoms with E-state index in [4.69, 9.17) is 4.74 Å². The first-order chi connectivity index (χ1) is 9.00. The largest absolute Gasteiger partial charge is 0.465 e. The molecule has 0 aliphatic heterocycles. The van der Waals surface area contributed by atoms with Crippen LogP contribution >= 0.6 is 0 Å². The summed E-state index contributed by atoms with van der Waals surface area (Å²) in [6.45, 7) is 2.45. The van der Waals surface area contributed by atoms with Crippen molar-refractivity contribution in [1.82, 2.24) is 0 Å². The van der Waals surface area contributed by atoms with Crippen LogP contribution in [0.4, 0.5) is 0 Å². The molecule has 0 heterocycles. The molecule has 5 nitrogen and oxygen atoms in total. The third-order valence-corrected chi connectivity index (χ3v) is 4.08. The summed E-state index contributed by atoms with van der Waals surface area (Å²) in [4.78, 5) is 11.5. The Bertz CT molecular complexity index is 522. The molecule has 0 atom stereocenters. The van der Waals surface area contributed by atoms with Crippen LogP contribution in [0.25, 0.3) is 0 Å². The highest BCUT2D eigenvalue weighted by Gasteiger charge is 2.17. The van der Waals surface area contributed by atoms with Crippen molar-refractivity contribution in [3.8, 4) is 0 Å². The van der Waals surface area contributed by atoms with Crippen LogP contribution in [-0.4, -0.2) is 40.5 Å². The van der Waals surface area contributed by atoms with Crippen LogP contribution in [0.5, 0.6) is 0 Å². The molecule has 0 spiro atoms. The summed E-state index contributed by atoms with van der Waals surface area (Å²) in [5, 5.41) is 0. The molecule has 0 fully saturated rings. The van der Waals surface area contributed by atoms with Crippen molar-refractivity contribution in [3.05, 3.63) is 35.4 Å². The molecule has 1 aromatic carbocycles. The first-order valence-corrected chi connectivity index (χ1v) is 7.76. The van der Waals surface area contributed by atoms with E-state index in [0.717, 1.165) is 0 Å². The van der Waals surface area contributed by atoms with E-state index in [0.29, 0.717) is 12.2 Å². The average molecular weight is 286 g/mol. The zero-order valence-corrected chi connectivity index (χ0v) is 11.9.